The van der Waals surface area contributed by atoms with E-state index in [0.717, 1.165) is 9.13 Å². The highest BCUT2D eigenvalue weighted by Crippen LogP contribution is 2.33. The number of anilines is 2. The molecule has 3 aromatic rings. The van der Waals surface area contributed by atoms with Crippen molar-refractivity contribution < 1.29 is 24.9 Å². The molecule has 1 aliphatic rings. The predicted molar refractivity (Wildman–Crippen MR) is 122 cm³/mol. The van der Waals surface area contributed by atoms with E-state index in [2.05, 4.69) is 48.2 Å². The summed E-state index contributed by atoms with van der Waals surface area (Å²) in [6.07, 6.45) is -4.26. The normalized spacial score (nSPS) is 23.9. The van der Waals surface area contributed by atoms with Crippen molar-refractivity contribution in [3.05, 3.63) is 40.0 Å². The Kier molecular flexibility index (Phi) is 6.43. The number of aliphatic hydroxyl groups is 3. The standard InChI is InChI=1S/C19H22IN7O5/c1-22-18(31)14(30)15-12(28)13(29)19(32-15)27-7-26-11-16(24-6-25-17(11)27)23-5-8-2-3-10(21)9(20)4-8/h2-4,6-7,12-15,19,28-30H,5,21H2,1H3,(H,22,31)(H,23,24,25)/t12-,13+,14?,15-,19+/m0/s1. The van der Waals surface area contributed by atoms with Crippen LogP contribution in [-0.2, 0) is 16.1 Å². The first kappa shape index (κ1) is 22.6. The maximum atomic E-state index is 11.7. The van der Waals surface area contributed by atoms with Gasteiger partial charge in [0.15, 0.2) is 29.3 Å². The van der Waals surface area contributed by atoms with E-state index in [1.54, 1.807) is 0 Å². The summed E-state index contributed by atoms with van der Waals surface area (Å²) in [6, 6.07) is 5.70. The summed E-state index contributed by atoms with van der Waals surface area (Å²) in [5, 5.41) is 36.4. The molecule has 1 unspecified atom stereocenters. The molecule has 12 nitrogen and oxygen atoms in total. The number of carbonyl (C=O) groups is 1. The number of imidazole rings is 1. The summed E-state index contributed by atoms with van der Waals surface area (Å²) >= 11 is 2.16. The van der Waals surface area contributed by atoms with Crippen molar-refractivity contribution in [1.29, 1.82) is 0 Å². The lowest BCUT2D eigenvalue weighted by Crippen LogP contribution is -2.46. The number of nitrogens with one attached hydrogen (secondary N) is 2. The van der Waals surface area contributed by atoms with Crippen LogP contribution in [0.5, 0.6) is 0 Å². The number of halogens is 1. The van der Waals surface area contributed by atoms with Gasteiger partial charge >= 0.3 is 0 Å². The molecule has 170 valence electrons. The number of ether oxygens (including phenoxy) is 1. The van der Waals surface area contributed by atoms with Crippen LogP contribution in [0.3, 0.4) is 0 Å². The number of likely N-dealkylation sites (N-methyl/N-ethyl adjacent to an activating group) is 1. The van der Waals surface area contributed by atoms with Crippen LogP contribution < -0.4 is 16.4 Å². The lowest BCUT2D eigenvalue weighted by Gasteiger charge is -2.19. The highest BCUT2D eigenvalue weighted by Gasteiger charge is 2.49. The van der Waals surface area contributed by atoms with Gasteiger partial charge in [0.25, 0.3) is 5.91 Å². The smallest absolute Gasteiger partial charge is 0.251 e. The van der Waals surface area contributed by atoms with Gasteiger partial charge in [0.2, 0.25) is 0 Å². The van der Waals surface area contributed by atoms with Gasteiger partial charge in [0.05, 0.1) is 6.33 Å². The van der Waals surface area contributed by atoms with E-state index in [1.165, 1.54) is 24.3 Å². The van der Waals surface area contributed by atoms with E-state index in [-0.39, 0.29) is 0 Å². The number of nitrogens with zero attached hydrogens (tertiary/aromatic N) is 4. The van der Waals surface area contributed by atoms with Crippen molar-refractivity contribution in [3.8, 4) is 0 Å². The number of hydrogen-bond acceptors (Lipinski definition) is 10. The molecule has 3 heterocycles. The minimum absolute atomic E-state index is 0.348. The Bertz CT molecular complexity index is 1140. The van der Waals surface area contributed by atoms with Gasteiger partial charge in [-0.25, -0.2) is 15.0 Å². The Hall–Kier alpha value is -2.59. The minimum atomic E-state index is -1.65. The third-order valence-corrected chi connectivity index (χ3v) is 6.19. The molecule has 32 heavy (non-hydrogen) atoms. The number of nitrogen functional groups attached to an aromatic ring is 1. The van der Waals surface area contributed by atoms with Crippen LogP contribution in [0.25, 0.3) is 11.2 Å². The Morgan fingerprint density at radius 2 is 2.09 bits per heavy atom. The molecule has 1 aliphatic heterocycles. The van der Waals surface area contributed by atoms with Crippen molar-refractivity contribution >= 4 is 51.2 Å². The minimum Gasteiger partial charge on any atom is -0.398 e. The monoisotopic (exact) mass is 555 g/mol. The fourth-order valence-corrected chi connectivity index (χ4v) is 4.09. The van der Waals surface area contributed by atoms with E-state index in [0.29, 0.717) is 29.2 Å². The zero-order valence-electron chi connectivity index (χ0n) is 16.9. The van der Waals surface area contributed by atoms with Crippen LogP contribution in [0.1, 0.15) is 11.8 Å². The number of rotatable bonds is 6. The average molecular weight is 555 g/mol. The van der Waals surface area contributed by atoms with Crippen molar-refractivity contribution in [2.45, 2.75) is 37.2 Å². The summed E-state index contributed by atoms with van der Waals surface area (Å²) in [6.45, 7) is 0.469. The number of fused-ring (bicyclic) bond motifs is 1. The predicted octanol–water partition coefficient (Wildman–Crippen LogP) is -0.649. The number of aliphatic hydroxyl groups excluding tert-OH is 3. The van der Waals surface area contributed by atoms with Gasteiger partial charge in [0, 0.05) is 22.8 Å². The zero-order chi connectivity index (χ0) is 23.0. The number of benzene rings is 1. The fourth-order valence-electron chi connectivity index (χ4n) is 3.51. The zero-order valence-corrected chi connectivity index (χ0v) is 19.0. The number of nitrogens with two attached hydrogens (primary N) is 1. The fraction of sp³-hybridized carbons (Fsp3) is 0.368. The Balaban J connectivity index is 1.57. The van der Waals surface area contributed by atoms with Gasteiger partial charge in [-0.3, -0.25) is 9.36 Å². The number of hydrogen-bond donors (Lipinski definition) is 6. The summed E-state index contributed by atoms with van der Waals surface area (Å²) < 4.78 is 8.01. The van der Waals surface area contributed by atoms with E-state index in [9.17, 15) is 20.1 Å². The van der Waals surface area contributed by atoms with Crippen LogP contribution in [0, 0.1) is 3.57 Å². The van der Waals surface area contributed by atoms with Gasteiger partial charge in [-0.15, -0.1) is 0 Å². The van der Waals surface area contributed by atoms with Crippen LogP contribution in [0.4, 0.5) is 11.5 Å². The first-order valence-electron chi connectivity index (χ1n) is 9.68. The van der Waals surface area contributed by atoms with Gasteiger partial charge in [0.1, 0.15) is 24.6 Å². The van der Waals surface area contributed by atoms with E-state index >= 15 is 0 Å². The molecule has 2 aromatic heterocycles. The molecule has 7 N–H and O–H groups in total. The number of carbonyl (C=O) groups excluding carboxylic acids is 1. The summed E-state index contributed by atoms with van der Waals surface area (Å²) in [4.78, 5) is 24.5. The summed E-state index contributed by atoms with van der Waals surface area (Å²) in [5.74, 6) is -0.265. The lowest BCUT2D eigenvalue weighted by atomic mass is 10.1. The molecular weight excluding hydrogens is 533 g/mol. The van der Waals surface area contributed by atoms with Crippen LogP contribution in [0.15, 0.2) is 30.9 Å². The quantitative estimate of drug-likeness (QED) is 0.169. The summed E-state index contributed by atoms with van der Waals surface area (Å²) in [7, 11) is 1.35. The maximum absolute atomic E-state index is 11.7. The topological polar surface area (TPSA) is 181 Å². The second-order valence-electron chi connectivity index (χ2n) is 7.29. The first-order valence-corrected chi connectivity index (χ1v) is 10.8. The molecular formula is C19H22IN7O5. The van der Waals surface area contributed by atoms with Gasteiger partial charge < -0.3 is 36.4 Å². The molecule has 0 bridgehead atoms. The molecule has 0 aliphatic carbocycles. The van der Waals surface area contributed by atoms with Crippen molar-refractivity contribution in [2.24, 2.45) is 0 Å². The van der Waals surface area contributed by atoms with Crippen molar-refractivity contribution in [3.63, 3.8) is 0 Å². The van der Waals surface area contributed by atoms with E-state index < -0.39 is 36.6 Å². The highest BCUT2D eigenvalue weighted by molar-refractivity contribution is 14.1. The molecule has 1 saturated heterocycles. The second-order valence-corrected chi connectivity index (χ2v) is 8.45. The SMILES string of the molecule is CNC(=O)C(O)[C@H]1O[C@@H](n2cnc3c(NCc4ccc(N)c(I)c4)ncnc32)[C@H](O)[C@@H]1O. The molecule has 13 heteroatoms. The maximum Gasteiger partial charge on any atom is 0.251 e. The summed E-state index contributed by atoms with van der Waals surface area (Å²) in [5.41, 5.74) is 8.34. The van der Waals surface area contributed by atoms with Crippen molar-refractivity contribution in [2.75, 3.05) is 18.1 Å². The van der Waals surface area contributed by atoms with Gasteiger partial charge in [-0.2, -0.15) is 0 Å². The third kappa shape index (κ3) is 4.09. The van der Waals surface area contributed by atoms with E-state index in [4.69, 9.17) is 10.5 Å². The second kappa shape index (κ2) is 9.11. The molecule has 4 rings (SSSR count). The highest BCUT2D eigenvalue weighted by atomic mass is 127. The van der Waals surface area contributed by atoms with Crippen molar-refractivity contribution in [1.82, 2.24) is 24.8 Å². The largest absolute Gasteiger partial charge is 0.398 e. The number of amides is 1. The number of aromatic nitrogens is 4. The van der Waals surface area contributed by atoms with Crippen LogP contribution in [-0.4, -0.2) is 72.2 Å². The third-order valence-electron chi connectivity index (χ3n) is 5.26. The average Bonchev–Trinajstić information content (AvgIpc) is 3.35. The molecule has 0 radical (unpaired) electrons. The lowest BCUT2D eigenvalue weighted by molar-refractivity contribution is -0.142. The first-order chi connectivity index (χ1) is 15.3. The molecule has 1 amide bonds. The molecule has 1 aromatic carbocycles. The van der Waals surface area contributed by atoms with Crippen LogP contribution in [0.2, 0.25) is 0 Å². The molecule has 5 atom stereocenters. The van der Waals surface area contributed by atoms with Gasteiger partial charge in [-0.1, -0.05) is 6.07 Å². The Morgan fingerprint density at radius 1 is 1.31 bits per heavy atom. The van der Waals surface area contributed by atoms with Crippen LogP contribution >= 0.6 is 22.6 Å². The van der Waals surface area contributed by atoms with E-state index in [1.807, 2.05) is 18.2 Å². The van der Waals surface area contributed by atoms with Gasteiger partial charge in [-0.05, 0) is 40.3 Å². The molecule has 1 fully saturated rings. The Labute approximate surface area is 196 Å². The molecule has 0 spiro atoms. The molecule has 0 saturated carbocycles. The Morgan fingerprint density at radius 3 is 2.81 bits per heavy atom.